The van der Waals surface area contributed by atoms with Crippen molar-refractivity contribution >= 4 is 22.8 Å². The van der Waals surface area contributed by atoms with Crippen LogP contribution in [-0.4, -0.2) is 49.1 Å². The van der Waals surface area contributed by atoms with Gasteiger partial charge < -0.3 is 14.8 Å². The Hall–Kier alpha value is -3.03. The molecule has 0 spiro atoms. The molecule has 0 atom stereocenters. The fraction of sp³-hybridized carbons (Fsp3) is 0.577. The maximum absolute atomic E-state index is 4.91. The molecule has 3 aromatic rings. The van der Waals surface area contributed by atoms with E-state index in [0.717, 1.165) is 98.8 Å². The Morgan fingerprint density at radius 1 is 1.00 bits per heavy atom. The van der Waals surface area contributed by atoms with E-state index in [1.165, 1.54) is 0 Å². The molecule has 1 saturated heterocycles. The third-order valence-electron chi connectivity index (χ3n) is 6.52. The van der Waals surface area contributed by atoms with Crippen molar-refractivity contribution in [2.24, 2.45) is 7.05 Å². The normalized spacial score (nSPS) is 14.6. The molecule has 1 aliphatic heterocycles. The number of rotatable bonds is 11. The first-order valence-corrected chi connectivity index (χ1v) is 12.8. The summed E-state index contributed by atoms with van der Waals surface area (Å²) in [4.78, 5) is 26.5. The smallest absolute Gasteiger partial charge is 0.226 e. The van der Waals surface area contributed by atoms with E-state index in [9.17, 15) is 0 Å². The minimum atomic E-state index is 0.367. The molecule has 0 saturated carbocycles. The van der Waals surface area contributed by atoms with Gasteiger partial charge in [-0.15, -0.1) is 6.58 Å². The molecule has 182 valence electrons. The van der Waals surface area contributed by atoms with Crippen LogP contribution in [0.4, 0.5) is 11.8 Å². The molecule has 8 nitrogen and oxygen atoms in total. The second kappa shape index (κ2) is 11.4. The summed E-state index contributed by atoms with van der Waals surface area (Å²) in [6.07, 6.45) is 12.3. The highest BCUT2D eigenvalue weighted by molar-refractivity contribution is 5.89. The van der Waals surface area contributed by atoms with Crippen molar-refractivity contribution in [2.45, 2.75) is 71.1 Å². The van der Waals surface area contributed by atoms with Crippen molar-refractivity contribution in [3.63, 3.8) is 0 Å². The number of hydrogen-bond donors (Lipinski definition) is 1. The fourth-order valence-corrected chi connectivity index (χ4v) is 4.52. The third kappa shape index (κ3) is 5.54. The molecule has 3 aromatic heterocycles. The molecule has 1 fully saturated rings. The summed E-state index contributed by atoms with van der Waals surface area (Å²) in [6.45, 7) is 10.7. The van der Waals surface area contributed by atoms with Crippen LogP contribution in [0, 0.1) is 0 Å². The van der Waals surface area contributed by atoms with Gasteiger partial charge in [-0.1, -0.05) is 32.8 Å². The third-order valence-corrected chi connectivity index (χ3v) is 6.52. The maximum Gasteiger partial charge on any atom is 0.226 e. The summed E-state index contributed by atoms with van der Waals surface area (Å²) in [6, 6.07) is 2.11. The maximum atomic E-state index is 4.91. The summed E-state index contributed by atoms with van der Waals surface area (Å²) < 4.78 is 2.05. The Balaban J connectivity index is 1.53. The molecule has 1 aliphatic rings. The number of unbranched alkanes of at least 4 members (excludes halogenated alkanes) is 2. The Morgan fingerprint density at radius 3 is 2.29 bits per heavy atom. The van der Waals surface area contributed by atoms with Gasteiger partial charge in [-0.25, -0.2) is 15.0 Å². The van der Waals surface area contributed by atoms with Crippen LogP contribution in [0.15, 0.2) is 24.9 Å². The summed E-state index contributed by atoms with van der Waals surface area (Å²) in [7, 11) is 2.02. The standard InChI is InChI=1S/C26H38N8/c1-5-8-10-21-28-22(11-9-6-2)30-23(29-21)19-12-17-34(18-13-19)25-20-14-16-33(4)24(20)31-26(32-25)27-15-7-3/h7,14,16,19H,3,5-6,8-13,15,17-18H2,1-2,4H3,(H,27,31,32). The highest BCUT2D eigenvalue weighted by Crippen LogP contribution is 2.32. The van der Waals surface area contributed by atoms with Crippen LogP contribution in [0.2, 0.25) is 0 Å². The van der Waals surface area contributed by atoms with E-state index in [4.69, 9.17) is 24.9 Å². The largest absolute Gasteiger partial charge is 0.356 e. The molecule has 8 heteroatoms. The number of hydrogen-bond acceptors (Lipinski definition) is 7. The van der Waals surface area contributed by atoms with E-state index in [1.54, 1.807) is 0 Å². The molecule has 0 aliphatic carbocycles. The number of piperidine rings is 1. The average molecular weight is 463 g/mol. The highest BCUT2D eigenvalue weighted by atomic mass is 15.2. The van der Waals surface area contributed by atoms with Crippen LogP contribution in [0.25, 0.3) is 11.0 Å². The van der Waals surface area contributed by atoms with Gasteiger partial charge >= 0.3 is 0 Å². The lowest BCUT2D eigenvalue weighted by atomic mass is 9.95. The zero-order chi connectivity index (χ0) is 23.9. The van der Waals surface area contributed by atoms with Crippen LogP contribution in [0.3, 0.4) is 0 Å². The van der Waals surface area contributed by atoms with Gasteiger partial charge in [-0.3, -0.25) is 0 Å². The molecule has 34 heavy (non-hydrogen) atoms. The molecule has 4 heterocycles. The first-order chi connectivity index (χ1) is 16.6. The number of nitrogens with zero attached hydrogens (tertiary/aromatic N) is 7. The minimum Gasteiger partial charge on any atom is -0.356 e. The number of aryl methyl sites for hydroxylation is 3. The summed E-state index contributed by atoms with van der Waals surface area (Å²) in [5.41, 5.74) is 0.942. The molecule has 1 N–H and O–H groups in total. The van der Waals surface area contributed by atoms with E-state index in [0.29, 0.717) is 18.4 Å². The Bertz CT molecular complexity index is 1070. The summed E-state index contributed by atoms with van der Waals surface area (Å²) in [5.74, 6) is 4.95. The van der Waals surface area contributed by atoms with Crippen molar-refractivity contribution in [3.8, 4) is 0 Å². The second-order valence-corrected chi connectivity index (χ2v) is 9.20. The first-order valence-electron chi connectivity index (χ1n) is 12.8. The van der Waals surface area contributed by atoms with Crippen molar-refractivity contribution in [3.05, 3.63) is 42.4 Å². The van der Waals surface area contributed by atoms with Crippen molar-refractivity contribution in [1.82, 2.24) is 29.5 Å². The number of fused-ring (bicyclic) bond motifs is 1. The van der Waals surface area contributed by atoms with Crippen molar-refractivity contribution < 1.29 is 0 Å². The van der Waals surface area contributed by atoms with Crippen LogP contribution in [0.5, 0.6) is 0 Å². The topological polar surface area (TPSA) is 84.7 Å². The quantitative estimate of drug-likeness (QED) is 0.409. The Morgan fingerprint density at radius 2 is 1.68 bits per heavy atom. The summed E-state index contributed by atoms with van der Waals surface area (Å²) >= 11 is 0. The van der Waals surface area contributed by atoms with Gasteiger partial charge in [0.05, 0.1) is 5.39 Å². The molecule has 0 unspecified atom stereocenters. The molecule has 0 radical (unpaired) electrons. The van der Waals surface area contributed by atoms with E-state index in [2.05, 4.69) is 36.7 Å². The van der Waals surface area contributed by atoms with Gasteiger partial charge in [0, 0.05) is 51.6 Å². The predicted molar refractivity (Wildman–Crippen MR) is 138 cm³/mol. The molecular weight excluding hydrogens is 424 g/mol. The lowest BCUT2D eigenvalue weighted by molar-refractivity contribution is 0.476. The first kappa shape index (κ1) is 24.1. The van der Waals surface area contributed by atoms with Gasteiger partial charge in [-0.05, 0) is 31.7 Å². The van der Waals surface area contributed by atoms with Gasteiger partial charge in [0.15, 0.2) is 0 Å². The SMILES string of the molecule is C=CCNc1nc(N2CCC(c3nc(CCCC)nc(CCCC)n3)CC2)c2ccn(C)c2n1. The van der Waals surface area contributed by atoms with Crippen LogP contribution in [-0.2, 0) is 19.9 Å². The van der Waals surface area contributed by atoms with E-state index < -0.39 is 0 Å². The van der Waals surface area contributed by atoms with Gasteiger partial charge in [0.2, 0.25) is 5.95 Å². The summed E-state index contributed by atoms with van der Waals surface area (Å²) in [5, 5.41) is 4.35. The monoisotopic (exact) mass is 462 g/mol. The van der Waals surface area contributed by atoms with Crippen LogP contribution >= 0.6 is 0 Å². The predicted octanol–water partition coefficient (Wildman–Crippen LogP) is 4.82. The van der Waals surface area contributed by atoms with Crippen molar-refractivity contribution in [2.75, 3.05) is 29.9 Å². The van der Waals surface area contributed by atoms with Gasteiger partial charge in [0.25, 0.3) is 0 Å². The molecule has 0 amide bonds. The molecule has 0 bridgehead atoms. The van der Waals surface area contributed by atoms with Gasteiger partial charge in [-0.2, -0.15) is 9.97 Å². The lowest BCUT2D eigenvalue weighted by Gasteiger charge is -2.32. The number of aromatic nitrogens is 6. The Kier molecular flexibility index (Phi) is 8.08. The highest BCUT2D eigenvalue weighted by Gasteiger charge is 2.26. The zero-order valence-corrected chi connectivity index (χ0v) is 20.9. The van der Waals surface area contributed by atoms with Crippen molar-refractivity contribution in [1.29, 1.82) is 0 Å². The van der Waals surface area contributed by atoms with E-state index in [-0.39, 0.29) is 0 Å². The second-order valence-electron chi connectivity index (χ2n) is 9.20. The van der Waals surface area contributed by atoms with Crippen LogP contribution < -0.4 is 10.2 Å². The van der Waals surface area contributed by atoms with Crippen LogP contribution in [0.1, 0.15) is 75.8 Å². The Labute approximate surface area is 203 Å². The molecular formula is C26H38N8. The lowest BCUT2D eigenvalue weighted by Crippen LogP contribution is -2.34. The number of anilines is 2. The fourth-order valence-electron chi connectivity index (χ4n) is 4.52. The number of nitrogens with one attached hydrogen (secondary N) is 1. The van der Waals surface area contributed by atoms with E-state index in [1.807, 2.05) is 23.9 Å². The zero-order valence-electron chi connectivity index (χ0n) is 20.9. The van der Waals surface area contributed by atoms with E-state index >= 15 is 0 Å². The average Bonchev–Trinajstić information content (AvgIpc) is 3.25. The van der Waals surface area contributed by atoms with Gasteiger partial charge in [0.1, 0.15) is 28.9 Å². The minimum absolute atomic E-state index is 0.367. The molecule has 4 rings (SSSR count). The molecule has 0 aromatic carbocycles.